The summed E-state index contributed by atoms with van der Waals surface area (Å²) in [5.41, 5.74) is -0.158. The molecule has 0 aliphatic rings. The van der Waals surface area contributed by atoms with Crippen molar-refractivity contribution < 1.29 is 23.4 Å². The summed E-state index contributed by atoms with van der Waals surface area (Å²) in [5.74, 6) is -1.20. The molecule has 0 bridgehead atoms. The van der Waals surface area contributed by atoms with Crippen molar-refractivity contribution in [3.05, 3.63) is 23.0 Å². The number of ether oxygens (including phenoxy) is 1. The van der Waals surface area contributed by atoms with Crippen molar-refractivity contribution in [1.29, 1.82) is 0 Å². The van der Waals surface area contributed by atoms with E-state index in [2.05, 4.69) is 4.98 Å². The Morgan fingerprint density at radius 2 is 2.29 bits per heavy atom. The van der Waals surface area contributed by atoms with Gasteiger partial charge in [0.15, 0.2) is 0 Å². The van der Waals surface area contributed by atoms with Crippen LogP contribution in [0.4, 0.5) is 8.78 Å². The summed E-state index contributed by atoms with van der Waals surface area (Å²) in [5, 5.41) is 8.71. The van der Waals surface area contributed by atoms with Gasteiger partial charge in [-0.2, -0.15) is 0 Å². The van der Waals surface area contributed by atoms with Gasteiger partial charge >= 0.3 is 5.97 Å². The van der Waals surface area contributed by atoms with Gasteiger partial charge in [0.05, 0.1) is 25.1 Å². The number of alkyl halides is 3. The van der Waals surface area contributed by atoms with Crippen LogP contribution in [0.1, 0.15) is 23.4 Å². The number of nitrogens with zero attached hydrogens (tertiary/aromatic N) is 1. The minimum absolute atomic E-state index is 0.0633. The molecule has 0 aliphatic carbocycles. The van der Waals surface area contributed by atoms with Gasteiger partial charge in [0.25, 0.3) is 6.43 Å². The average Bonchev–Trinajstić information content (AvgIpc) is 2.28. The minimum Gasteiger partial charge on any atom is -0.496 e. The lowest BCUT2D eigenvalue weighted by atomic mass is 10.1. The molecule has 0 fully saturated rings. The average molecular weight is 266 g/mol. The molecule has 1 heterocycles. The fourth-order valence-corrected chi connectivity index (χ4v) is 1.59. The van der Waals surface area contributed by atoms with Crippen molar-refractivity contribution >= 4 is 17.6 Å². The highest BCUT2D eigenvalue weighted by Gasteiger charge is 2.19. The molecule has 1 N–H and O–H groups in total. The third kappa shape index (κ3) is 3.26. The van der Waals surface area contributed by atoms with Gasteiger partial charge < -0.3 is 9.84 Å². The Morgan fingerprint density at radius 3 is 2.71 bits per heavy atom. The highest BCUT2D eigenvalue weighted by atomic mass is 35.5. The Bertz CT molecular complexity index is 401. The van der Waals surface area contributed by atoms with Gasteiger partial charge in [-0.1, -0.05) is 0 Å². The second kappa shape index (κ2) is 5.77. The van der Waals surface area contributed by atoms with Crippen LogP contribution < -0.4 is 4.74 Å². The topological polar surface area (TPSA) is 59.4 Å². The molecule has 0 amide bonds. The van der Waals surface area contributed by atoms with E-state index < -0.39 is 18.1 Å². The number of hydrogen-bond donors (Lipinski definition) is 1. The van der Waals surface area contributed by atoms with E-state index in [4.69, 9.17) is 21.4 Å². The summed E-state index contributed by atoms with van der Waals surface area (Å²) in [6.45, 7) is 0. The van der Waals surface area contributed by atoms with Crippen LogP contribution in [0.15, 0.2) is 6.07 Å². The Labute approximate surface area is 101 Å². The van der Waals surface area contributed by atoms with Gasteiger partial charge in [0, 0.05) is 11.6 Å². The van der Waals surface area contributed by atoms with Crippen molar-refractivity contribution in [2.45, 2.75) is 18.7 Å². The number of carboxylic acids is 1. The molecule has 1 aromatic rings. The lowest BCUT2D eigenvalue weighted by Crippen LogP contribution is -2.09. The summed E-state index contributed by atoms with van der Waals surface area (Å²) in [4.78, 5) is 14.3. The Hall–Kier alpha value is -1.43. The van der Waals surface area contributed by atoms with Gasteiger partial charge in [0.1, 0.15) is 11.4 Å². The zero-order valence-electron chi connectivity index (χ0n) is 8.91. The summed E-state index contributed by atoms with van der Waals surface area (Å²) in [7, 11) is 1.27. The fraction of sp³-hybridized carbons (Fsp3) is 0.400. The molecule has 1 rings (SSSR count). The van der Waals surface area contributed by atoms with Crippen molar-refractivity contribution in [3.8, 4) is 5.75 Å². The Kier molecular flexibility index (Phi) is 4.62. The normalized spacial score (nSPS) is 10.6. The smallest absolute Gasteiger partial charge is 0.308 e. The molecule has 0 unspecified atom stereocenters. The highest BCUT2D eigenvalue weighted by molar-refractivity contribution is 6.17. The third-order valence-corrected chi connectivity index (χ3v) is 2.34. The molecule has 94 valence electrons. The zero-order valence-corrected chi connectivity index (χ0v) is 9.67. The van der Waals surface area contributed by atoms with Crippen LogP contribution in [-0.4, -0.2) is 23.2 Å². The predicted molar refractivity (Wildman–Crippen MR) is 56.6 cm³/mol. The third-order valence-electron chi connectivity index (χ3n) is 2.09. The number of hydrogen-bond acceptors (Lipinski definition) is 3. The highest BCUT2D eigenvalue weighted by Crippen LogP contribution is 2.28. The van der Waals surface area contributed by atoms with Crippen molar-refractivity contribution in [2.24, 2.45) is 0 Å². The van der Waals surface area contributed by atoms with Gasteiger partial charge in [-0.15, -0.1) is 11.6 Å². The van der Waals surface area contributed by atoms with Crippen LogP contribution in [-0.2, 0) is 17.1 Å². The first-order valence-corrected chi connectivity index (χ1v) is 5.15. The van der Waals surface area contributed by atoms with E-state index in [0.29, 0.717) is 0 Å². The number of carbonyl (C=O) groups is 1. The number of halogens is 3. The molecule has 7 heteroatoms. The van der Waals surface area contributed by atoms with Crippen LogP contribution in [0.5, 0.6) is 5.75 Å². The van der Waals surface area contributed by atoms with Crippen LogP contribution >= 0.6 is 11.6 Å². The van der Waals surface area contributed by atoms with E-state index in [0.717, 1.165) is 6.07 Å². The SMILES string of the molecule is COc1cc(C(F)F)nc(CCl)c1CC(=O)O. The maximum absolute atomic E-state index is 12.5. The molecule has 0 aromatic carbocycles. The monoisotopic (exact) mass is 265 g/mol. The first-order chi connectivity index (χ1) is 7.99. The number of aromatic nitrogens is 1. The Morgan fingerprint density at radius 1 is 1.65 bits per heavy atom. The molecule has 0 atom stereocenters. The number of pyridine rings is 1. The Balaban J connectivity index is 3.30. The van der Waals surface area contributed by atoms with Crippen molar-refractivity contribution in [2.75, 3.05) is 7.11 Å². The molecule has 0 saturated heterocycles. The van der Waals surface area contributed by atoms with E-state index >= 15 is 0 Å². The van der Waals surface area contributed by atoms with Crippen LogP contribution in [0.3, 0.4) is 0 Å². The first kappa shape index (κ1) is 13.6. The maximum Gasteiger partial charge on any atom is 0.308 e. The van der Waals surface area contributed by atoms with Crippen molar-refractivity contribution in [1.82, 2.24) is 4.98 Å². The molecular formula is C10H10ClF2NO3. The van der Waals surface area contributed by atoms with Crippen LogP contribution in [0.25, 0.3) is 0 Å². The lowest BCUT2D eigenvalue weighted by molar-refractivity contribution is -0.136. The van der Waals surface area contributed by atoms with E-state index in [1.165, 1.54) is 7.11 Å². The van der Waals surface area contributed by atoms with E-state index in [-0.39, 0.29) is 29.3 Å². The molecule has 0 spiro atoms. The lowest BCUT2D eigenvalue weighted by Gasteiger charge is -2.12. The van der Waals surface area contributed by atoms with Crippen molar-refractivity contribution in [3.63, 3.8) is 0 Å². The molecule has 0 radical (unpaired) electrons. The quantitative estimate of drug-likeness (QED) is 0.831. The minimum atomic E-state index is -2.76. The zero-order chi connectivity index (χ0) is 13.0. The van der Waals surface area contributed by atoms with Crippen LogP contribution in [0, 0.1) is 0 Å². The number of methoxy groups -OCH3 is 1. The molecule has 0 saturated carbocycles. The molecule has 0 aliphatic heterocycles. The summed E-state index contributed by atoms with van der Waals surface area (Å²) in [6, 6.07) is 1.03. The molecular weight excluding hydrogens is 256 g/mol. The summed E-state index contributed by atoms with van der Waals surface area (Å²) >= 11 is 5.57. The summed E-state index contributed by atoms with van der Waals surface area (Å²) in [6.07, 6.45) is -3.13. The van der Waals surface area contributed by atoms with Gasteiger partial charge in [-0.25, -0.2) is 8.78 Å². The van der Waals surface area contributed by atoms with Gasteiger partial charge in [0.2, 0.25) is 0 Å². The first-order valence-electron chi connectivity index (χ1n) is 4.62. The van der Waals surface area contributed by atoms with E-state index in [1.54, 1.807) is 0 Å². The largest absolute Gasteiger partial charge is 0.496 e. The van der Waals surface area contributed by atoms with Gasteiger partial charge in [-0.3, -0.25) is 9.78 Å². The number of aliphatic carboxylic acids is 1. The summed E-state index contributed by atoms with van der Waals surface area (Å²) < 4.78 is 29.9. The standard InChI is InChI=1S/C10H10ClF2NO3/c1-17-8-3-6(10(12)13)14-7(4-11)5(8)2-9(15)16/h3,10H,2,4H2,1H3,(H,15,16). The molecule has 1 aromatic heterocycles. The predicted octanol–water partition coefficient (Wildman–Crippen LogP) is 2.39. The van der Waals surface area contributed by atoms with Gasteiger partial charge in [-0.05, 0) is 0 Å². The van der Waals surface area contributed by atoms with E-state index in [9.17, 15) is 13.6 Å². The fourth-order valence-electron chi connectivity index (χ4n) is 1.36. The number of rotatable bonds is 5. The maximum atomic E-state index is 12.5. The van der Waals surface area contributed by atoms with E-state index in [1.807, 2.05) is 0 Å². The number of carboxylic acid groups (broad SMARTS) is 1. The second-order valence-corrected chi connectivity index (χ2v) is 3.45. The molecule has 17 heavy (non-hydrogen) atoms. The molecule has 4 nitrogen and oxygen atoms in total. The van der Waals surface area contributed by atoms with Crippen LogP contribution in [0.2, 0.25) is 0 Å². The second-order valence-electron chi connectivity index (χ2n) is 3.18.